The molecule has 1 heterocycles. The van der Waals surface area contributed by atoms with E-state index in [1.807, 2.05) is 4.57 Å². The summed E-state index contributed by atoms with van der Waals surface area (Å²) >= 11 is 0. The molecule has 0 atom stereocenters. The highest BCUT2D eigenvalue weighted by Gasteiger charge is 1.97. The number of hydrogen-bond acceptors (Lipinski definition) is 4. The van der Waals surface area contributed by atoms with Crippen LogP contribution in [0, 0.1) is 0 Å². The van der Waals surface area contributed by atoms with Crippen LogP contribution in [-0.2, 0) is 6.54 Å². The first-order valence-electron chi connectivity index (χ1n) is 3.98. The molecule has 0 fully saturated rings. The molecule has 5 nitrogen and oxygen atoms in total. The lowest BCUT2D eigenvalue weighted by Gasteiger charge is -2.09. The first-order valence-corrected chi connectivity index (χ1v) is 3.98. The summed E-state index contributed by atoms with van der Waals surface area (Å²) < 4.78 is 1.85. The summed E-state index contributed by atoms with van der Waals surface area (Å²) in [5, 5.41) is 7.39. The van der Waals surface area contributed by atoms with Crippen LogP contribution in [0.5, 0.6) is 0 Å². The Bertz CT molecular complexity index is 229. The Labute approximate surface area is 72.2 Å². The van der Waals surface area contributed by atoms with Gasteiger partial charge in [-0.15, -0.1) is 10.2 Å². The van der Waals surface area contributed by atoms with Gasteiger partial charge in [-0.05, 0) is 27.1 Å². The van der Waals surface area contributed by atoms with E-state index in [1.165, 1.54) is 0 Å². The van der Waals surface area contributed by atoms with Crippen molar-refractivity contribution in [2.24, 2.45) is 0 Å². The van der Waals surface area contributed by atoms with E-state index < -0.39 is 0 Å². The number of nitrogen functional groups attached to an aromatic ring is 1. The Balaban J connectivity index is 2.29. The van der Waals surface area contributed by atoms with Crippen LogP contribution < -0.4 is 5.73 Å². The number of nitrogens with two attached hydrogens (primary N) is 1. The van der Waals surface area contributed by atoms with Gasteiger partial charge >= 0.3 is 0 Å². The quantitative estimate of drug-likeness (QED) is 0.678. The summed E-state index contributed by atoms with van der Waals surface area (Å²) in [4.78, 5) is 2.14. The lowest BCUT2D eigenvalue weighted by Crippen LogP contribution is -2.15. The number of hydrogen-bond donors (Lipinski definition) is 1. The van der Waals surface area contributed by atoms with Crippen molar-refractivity contribution in [2.75, 3.05) is 26.4 Å². The van der Waals surface area contributed by atoms with Gasteiger partial charge in [0.25, 0.3) is 0 Å². The molecular weight excluding hydrogens is 154 g/mol. The number of rotatable bonds is 4. The van der Waals surface area contributed by atoms with Crippen molar-refractivity contribution in [3.8, 4) is 0 Å². The van der Waals surface area contributed by atoms with E-state index in [9.17, 15) is 0 Å². The van der Waals surface area contributed by atoms with Crippen LogP contribution in [0.3, 0.4) is 0 Å². The molecule has 0 saturated carbocycles. The Morgan fingerprint density at radius 2 is 2.33 bits per heavy atom. The largest absolute Gasteiger partial charge is 0.368 e. The number of aromatic nitrogens is 3. The highest BCUT2D eigenvalue weighted by molar-refractivity contribution is 5.12. The zero-order valence-electron chi connectivity index (χ0n) is 7.56. The van der Waals surface area contributed by atoms with Crippen LogP contribution >= 0.6 is 0 Å². The third-order valence-electron chi connectivity index (χ3n) is 1.65. The van der Waals surface area contributed by atoms with E-state index in [4.69, 9.17) is 5.73 Å². The average Bonchev–Trinajstić information content (AvgIpc) is 2.36. The van der Waals surface area contributed by atoms with Gasteiger partial charge in [0.2, 0.25) is 5.95 Å². The lowest BCUT2D eigenvalue weighted by atomic mass is 10.4. The summed E-state index contributed by atoms with van der Waals surface area (Å²) in [6.45, 7) is 1.94. The minimum atomic E-state index is 0.494. The fourth-order valence-electron chi connectivity index (χ4n) is 0.993. The summed E-state index contributed by atoms with van der Waals surface area (Å²) in [5.41, 5.74) is 5.53. The van der Waals surface area contributed by atoms with Crippen LogP contribution in [0.15, 0.2) is 6.33 Å². The van der Waals surface area contributed by atoms with E-state index in [-0.39, 0.29) is 0 Å². The van der Waals surface area contributed by atoms with Gasteiger partial charge in [-0.25, -0.2) is 0 Å². The third-order valence-corrected chi connectivity index (χ3v) is 1.65. The molecule has 0 aliphatic rings. The SMILES string of the molecule is CN(C)CCCn1cnnc1N. The van der Waals surface area contributed by atoms with E-state index >= 15 is 0 Å². The molecule has 1 rings (SSSR count). The van der Waals surface area contributed by atoms with E-state index in [1.54, 1.807) is 6.33 Å². The van der Waals surface area contributed by atoms with Crippen LogP contribution in [0.25, 0.3) is 0 Å². The maximum Gasteiger partial charge on any atom is 0.221 e. The molecule has 12 heavy (non-hydrogen) atoms. The highest BCUT2D eigenvalue weighted by atomic mass is 15.3. The zero-order valence-corrected chi connectivity index (χ0v) is 7.56. The first kappa shape index (κ1) is 8.99. The third kappa shape index (κ3) is 2.50. The lowest BCUT2D eigenvalue weighted by molar-refractivity contribution is 0.387. The molecule has 0 unspecified atom stereocenters. The Morgan fingerprint density at radius 1 is 1.58 bits per heavy atom. The smallest absolute Gasteiger partial charge is 0.221 e. The molecule has 0 radical (unpaired) electrons. The minimum absolute atomic E-state index is 0.494. The summed E-state index contributed by atoms with van der Waals surface area (Å²) in [7, 11) is 4.10. The van der Waals surface area contributed by atoms with Gasteiger partial charge < -0.3 is 15.2 Å². The van der Waals surface area contributed by atoms with Gasteiger partial charge in [0.05, 0.1) is 0 Å². The topological polar surface area (TPSA) is 60.0 Å². The van der Waals surface area contributed by atoms with Gasteiger partial charge in [0.1, 0.15) is 6.33 Å². The summed E-state index contributed by atoms with van der Waals surface area (Å²) in [6, 6.07) is 0. The maximum atomic E-state index is 5.53. The van der Waals surface area contributed by atoms with Gasteiger partial charge in [-0.2, -0.15) is 0 Å². The molecule has 0 aliphatic heterocycles. The van der Waals surface area contributed by atoms with Crippen molar-refractivity contribution < 1.29 is 0 Å². The monoisotopic (exact) mass is 169 g/mol. The molecule has 2 N–H and O–H groups in total. The average molecular weight is 169 g/mol. The molecule has 0 bridgehead atoms. The van der Waals surface area contributed by atoms with Gasteiger partial charge in [0.15, 0.2) is 0 Å². The van der Waals surface area contributed by atoms with E-state index in [2.05, 4.69) is 29.2 Å². The second-order valence-corrected chi connectivity index (χ2v) is 3.04. The summed E-state index contributed by atoms with van der Waals surface area (Å²) in [5.74, 6) is 0.494. The molecule has 1 aromatic heterocycles. The Hall–Kier alpha value is -1.10. The van der Waals surface area contributed by atoms with Gasteiger partial charge in [-0.3, -0.25) is 0 Å². The van der Waals surface area contributed by atoms with Crippen molar-refractivity contribution in [1.29, 1.82) is 0 Å². The number of aryl methyl sites for hydroxylation is 1. The van der Waals surface area contributed by atoms with Crippen LogP contribution in [0.2, 0.25) is 0 Å². The van der Waals surface area contributed by atoms with Gasteiger partial charge in [0, 0.05) is 6.54 Å². The normalized spacial score (nSPS) is 10.9. The molecule has 0 aliphatic carbocycles. The fourth-order valence-corrected chi connectivity index (χ4v) is 0.993. The predicted molar refractivity (Wildman–Crippen MR) is 47.6 cm³/mol. The van der Waals surface area contributed by atoms with Crippen molar-refractivity contribution >= 4 is 5.95 Å². The first-order chi connectivity index (χ1) is 5.70. The molecule has 1 aromatic rings. The van der Waals surface area contributed by atoms with E-state index in [0.717, 1.165) is 19.5 Å². The molecule has 0 spiro atoms. The maximum absolute atomic E-state index is 5.53. The van der Waals surface area contributed by atoms with Crippen LogP contribution in [-0.4, -0.2) is 40.3 Å². The summed E-state index contributed by atoms with van der Waals surface area (Å²) in [6.07, 6.45) is 2.72. The molecular formula is C7H15N5. The van der Waals surface area contributed by atoms with Crippen molar-refractivity contribution in [2.45, 2.75) is 13.0 Å². The second-order valence-electron chi connectivity index (χ2n) is 3.04. The molecule has 68 valence electrons. The molecule has 5 heteroatoms. The van der Waals surface area contributed by atoms with Crippen molar-refractivity contribution in [3.05, 3.63) is 6.33 Å². The van der Waals surface area contributed by atoms with Crippen LogP contribution in [0.1, 0.15) is 6.42 Å². The minimum Gasteiger partial charge on any atom is -0.368 e. The van der Waals surface area contributed by atoms with Crippen molar-refractivity contribution in [3.63, 3.8) is 0 Å². The Morgan fingerprint density at radius 3 is 2.83 bits per heavy atom. The van der Waals surface area contributed by atoms with Crippen LogP contribution in [0.4, 0.5) is 5.95 Å². The predicted octanol–water partition coefficient (Wildman–Crippen LogP) is -0.188. The zero-order chi connectivity index (χ0) is 8.97. The Kier molecular flexibility index (Phi) is 3.04. The highest BCUT2D eigenvalue weighted by Crippen LogP contribution is 1.97. The standard InChI is InChI=1S/C7H15N5/c1-11(2)4-3-5-12-6-9-10-7(12)8/h6H,3-5H2,1-2H3,(H2,8,10). The molecule has 0 saturated heterocycles. The van der Waals surface area contributed by atoms with Gasteiger partial charge in [-0.1, -0.05) is 0 Å². The number of anilines is 1. The second kappa shape index (κ2) is 4.06. The fraction of sp³-hybridized carbons (Fsp3) is 0.714. The van der Waals surface area contributed by atoms with Crippen molar-refractivity contribution in [1.82, 2.24) is 19.7 Å². The molecule has 0 aromatic carbocycles. The van der Waals surface area contributed by atoms with E-state index in [0.29, 0.717) is 5.95 Å². The molecule has 0 amide bonds. The number of nitrogens with zero attached hydrogens (tertiary/aromatic N) is 4.